The average Bonchev–Trinajstić information content (AvgIpc) is 3.05. The average molecular weight is 280 g/mol. The van der Waals surface area contributed by atoms with Crippen LogP contribution in [0.1, 0.15) is 10.6 Å². The number of anilines is 3. The number of hydrogen-bond donors (Lipinski definition) is 2. The summed E-state index contributed by atoms with van der Waals surface area (Å²) >= 11 is 0. The lowest BCUT2D eigenvalue weighted by molar-refractivity contribution is 0.0996. The van der Waals surface area contributed by atoms with Gasteiger partial charge in [0, 0.05) is 23.8 Å². The maximum atomic E-state index is 11.8. The molecule has 6 heteroatoms. The summed E-state index contributed by atoms with van der Waals surface area (Å²) in [5, 5.41) is 5.80. The van der Waals surface area contributed by atoms with E-state index in [4.69, 9.17) is 4.42 Å². The van der Waals surface area contributed by atoms with Crippen molar-refractivity contribution in [1.29, 1.82) is 0 Å². The predicted molar refractivity (Wildman–Crippen MR) is 78.4 cm³/mol. The standard InChI is InChI=1S/C15H12N4O2/c20-14(13-3-1-10-21-13)18-11-4-6-12(7-5-11)19-15-16-8-2-9-17-15/h1-10H,(H,18,20)(H,16,17,19). The summed E-state index contributed by atoms with van der Waals surface area (Å²) < 4.78 is 5.03. The van der Waals surface area contributed by atoms with Gasteiger partial charge in [-0.05, 0) is 42.5 Å². The normalized spacial score (nSPS) is 10.1. The first-order chi connectivity index (χ1) is 10.3. The summed E-state index contributed by atoms with van der Waals surface area (Å²) in [5.41, 5.74) is 1.51. The Bertz CT molecular complexity index is 709. The molecule has 1 aromatic carbocycles. The van der Waals surface area contributed by atoms with E-state index in [1.54, 1.807) is 42.7 Å². The van der Waals surface area contributed by atoms with Crippen LogP contribution in [0.5, 0.6) is 0 Å². The Balaban J connectivity index is 1.65. The Morgan fingerprint density at radius 1 is 0.952 bits per heavy atom. The molecule has 1 amide bonds. The molecule has 2 heterocycles. The monoisotopic (exact) mass is 280 g/mol. The largest absolute Gasteiger partial charge is 0.459 e. The number of furan rings is 1. The quantitative estimate of drug-likeness (QED) is 0.767. The van der Waals surface area contributed by atoms with Gasteiger partial charge in [-0.25, -0.2) is 9.97 Å². The number of aromatic nitrogens is 2. The molecule has 0 fully saturated rings. The van der Waals surface area contributed by atoms with Crippen LogP contribution in [0.3, 0.4) is 0 Å². The number of carbonyl (C=O) groups excluding carboxylic acids is 1. The molecule has 0 aliphatic heterocycles. The van der Waals surface area contributed by atoms with E-state index < -0.39 is 0 Å². The molecule has 0 spiro atoms. The lowest BCUT2D eigenvalue weighted by atomic mass is 10.2. The van der Waals surface area contributed by atoms with Crippen LogP contribution in [0, 0.1) is 0 Å². The van der Waals surface area contributed by atoms with Crippen LogP contribution in [0.2, 0.25) is 0 Å². The van der Waals surface area contributed by atoms with Gasteiger partial charge < -0.3 is 15.1 Å². The van der Waals surface area contributed by atoms with Crippen molar-refractivity contribution < 1.29 is 9.21 Å². The van der Waals surface area contributed by atoms with E-state index in [9.17, 15) is 4.79 Å². The smallest absolute Gasteiger partial charge is 0.291 e. The van der Waals surface area contributed by atoms with Crippen LogP contribution in [-0.4, -0.2) is 15.9 Å². The summed E-state index contributed by atoms with van der Waals surface area (Å²) in [6.45, 7) is 0. The van der Waals surface area contributed by atoms with E-state index >= 15 is 0 Å². The number of nitrogens with one attached hydrogen (secondary N) is 2. The minimum atomic E-state index is -0.285. The van der Waals surface area contributed by atoms with Crippen LogP contribution in [0.4, 0.5) is 17.3 Å². The van der Waals surface area contributed by atoms with Crippen LogP contribution in [-0.2, 0) is 0 Å². The molecular weight excluding hydrogens is 268 g/mol. The topological polar surface area (TPSA) is 80.0 Å². The summed E-state index contributed by atoms with van der Waals surface area (Å²) in [4.78, 5) is 20.0. The van der Waals surface area contributed by atoms with Gasteiger partial charge in [0.2, 0.25) is 5.95 Å². The van der Waals surface area contributed by atoms with E-state index in [1.807, 2.05) is 12.1 Å². The van der Waals surface area contributed by atoms with Gasteiger partial charge in [-0.2, -0.15) is 0 Å². The second kappa shape index (κ2) is 5.87. The van der Waals surface area contributed by atoms with Gasteiger partial charge in [0.05, 0.1) is 6.26 Å². The molecule has 2 N–H and O–H groups in total. The highest BCUT2D eigenvalue weighted by Crippen LogP contribution is 2.17. The molecule has 2 aromatic heterocycles. The zero-order chi connectivity index (χ0) is 14.5. The minimum absolute atomic E-state index is 0.273. The third-order valence-corrected chi connectivity index (χ3v) is 2.71. The number of amides is 1. The van der Waals surface area contributed by atoms with Crippen molar-refractivity contribution in [1.82, 2.24) is 9.97 Å². The first-order valence-electron chi connectivity index (χ1n) is 6.30. The van der Waals surface area contributed by atoms with Crippen LogP contribution in [0.15, 0.2) is 65.5 Å². The molecule has 0 saturated heterocycles. The highest BCUT2D eigenvalue weighted by atomic mass is 16.3. The van der Waals surface area contributed by atoms with Crippen molar-refractivity contribution in [3.8, 4) is 0 Å². The van der Waals surface area contributed by atoms with Crippen molar-refractivity contribution in [2.24, 2.45) is 0 Å². The van der Waals surface area contributed by atoms with E-state index in [1.165, 1.54) is 6.26 Å². The molecule has 104 valence electrons. The molecular formula is C15H12N4O2. The van der Waals surface area contributed by atoms with Crippen molar-refractivity contribution in [2.45, 2.75) is 0 Å². The molecule has 6 nitrogen and oxygen atoms in total. The van der Waals surface area contributed by atoms with Gasteiger partial charge in [-0.3, -0.25) is 4.79 Å². The van der Waals surface area contributed by atoms with Gasteiger partial charge in [-0.15, -0.1) is 0 Å². The van der Waals surface area contributed by atoms with Gasteiger partial charge >= 0.3 is 0 Å². The van der Waals surface area contributed by atoms with E-state index in [0.717, 1.165) is 5.69 Å². The zero-order valence-corrected chi connectivity index (χ0v) is 11.0. The molecule has 0 radical (unpaired) electrons. The van der Waals surface area contributed by atoms with Crippen LogP contribution in [0.25, 0.3) is 0 Å². The Labute approximate surface area is 120 Å². The number of rotatable bonds is 4. The molecule has 0 atom stereocenters. The van der Waals surface area contributed by atoms with Gasteiger partial charge in [0.15, 0.2) is 5.76 Å². The summed E-state index contributed by atoms with van der Waals surface area (Å²) in [5.74, 6) is 0.506. The Kier molecular flexibility index (Phi) is 3.60. The number of benzene rings is 1. The fraction of sp³-hybridized carbons (Fsp3) is 0. The molecule has 0 aliphatic carbocycles. The molecule has 21 heavy (non-hydrogen) atoms. The molecule has 0 aliphatic rings. The first-order valence-corrected chi connectivity index (χ1v) is 6.30. The first kappa shape index (κ1) is 12.9. The SMILES string of the molecule is O=C(Nc1ccc(Nc2ncccn2)cc1)c1ccco1. The highest BCUT2D eigenvalue weighted by molar-refractivity contribution is 6.02. The molecule has 3 rings (SSSR count). The maximum absolute atomic E-state index is 11.8. The Hall–Kier alpha value is -3.15. The number of carbonyl (C=O) groups is 1. The maximum Gasteiger partial charge on any atom is 0.291 e. The number of hydrogen-bond acceptors (Lipinski definition) is 5. The summed E-state index contributed by atoms with van der Waals surface area (Å²) in [6, 6.07) is 12.2. The van der Waals surface area contributed by atoms with Gasteiger partial charge in [0.25, 0.3) is 5.91 Å². The van der Waals surface area contributed by atoms with E-state index in [2.05, 4.69) is 20.6 Å². The number of nitrogens with zero attached hydrogens (tertiary/aromatic N) is 2. The van der Waals surface area contributed by atoms with Crippen LogP contribution >= 0.6 is 0 Å². The highest BCUT2D eigenvalue weighted by Gasteiger charge is 2.08. The predicted octanol–water partition coefficient (Wildman–Crippen LogP) is 3.07. The minimum Gasteiger partial charge on any atom is -0.459 e. The Morgan fingerprint density at radius 2 is 1.67 bits per heavy atom. The van der Waals surface area contributed by atoms with Crippen molar-refractivity contribution in [2.75, 3.05) is 10.6 Å². The second-order valence-electron chi connectivity index (χ2n) is 4.21. The third-order valence-electron chi connectivity index (χ3n) is 2.71. The molecule has 0 bridgehead atoms. The molecule has 0 unspecified atom stereocenters. The third kappa shape index (κ3) is 3.24. The second-order valence-corrected chi connectivity index (χ2v) is 4.21. The van der Waals surface area contributed by atoms with Gasteiger partial charge in [-0.1, -0.05) is 0 Å². The van der Waals surface area contributed by atoms with E-state index in [-0.39, 0.29) is 11.7 Å². The fourth-order valence-corrected chi connectivity index (χ4v) is 1.73. The lowest BCUT2D eigenvalue weighted by Crippen LogP contribution is -2.10. The fourth-order valence-electron chi connectivity index (χ4n) is 1.73. The van der Waals surface area contributed by atoms with Crippen LogP contribution < -0.4 is 10.6 Å². The van der Waals surface area contributed by atoms with Crippen molar-refractivity contribution in [3.05, 3.63) is 66.9 Å². The van der Waals surface area contributed by atoms with Crippen molar-refractivity contribution >= 4 is 23.2 Å². The summed E-state index contributed by atoms with van der Waals surface area (Å²) in [6.07, 6.45) is 4.78. The Morgan fingerprint density at radius 3 is 2.33 bits per heavy atom. The van der Waals surface area contributed by atoms with E-state index in [0.29, 0.717) is 11.6 Å². The zero-order valence-electron chi connectivity index (χ0n) is 11.0. The molecule has 0 saturated carbocycles. The molecule has 3 aromatic rings. The lowest BCUT2D eigenvalue weighted by Gasteiger charge is -2.06. The summed E-state index contributed by atoms with van der Waals surface area (Å²) in [7, 11) is 0. The van der Waals surface area contributed by atoms with Gasteiger partial charge in [0.1, 0.15) is 0 Å². The van der Waals surface area contributed by atoms with Crippen molar-refractivity contribution in [3.63, 3.8) is 0 Å².